The SMILES string of the molecule is CN1CC[C@@H](Oc2cc(NS(=O)(=O)c3cc(-c4cccc(N)c4)c(Cl)s3)ccc2Cl)C1. The summed E-state index contributed by atoms with van der Waals surface area (Å²) in [4.78, 5) is 2.17. The molecule has 1 saturated heterocycles. The average molecular weight is 498 g/mol. The molecule has 0 radical (unpaired) electrons. The Bertz CT molecular complexity index is 1210. The first-order valence-corrected chi connectivity index (χ1v) is 12.6. The van der Waals surface area contributed by atoms with Crippen molar-refractivity contribution in [1.82, 2.24) is 4.90 Å². The van der Waals surface area contributed by atoms with Gasteiger partial charge in [-0.3, -0.25) is 4.72 Å². The van der Waals surface area contributed by atoms with E-state index in [9.17, 15) is 8.42 Å². The van der Waals surface area contributed by atoms with Crippen molar-refractivity contribution >= 4 is 55.9 Å². The van der Waals surface area contributed by atoms with Gasteiger partial charge in [0.05, 0.1) is 10.7 Å². The minimum Gasteiger partial charge on any atom is -0.487 e. The average Bonchev–Trinajstić information content (AvgIpc) is 3.30. The summed E-state index contributed by atoms with van der Waals surface area (Å²) in [5, 5.41) is 0.431. The molecule has 2 heterocycles. The quantitative estimate of drug-likeness (QED) is 0.457. The lowest BCUT2D eigenvalue weighted by Crippen LogP contribution is -2.21. The highest BCUT2D eigenvalue weighted by atomic mass is 35.5. The standard InChI is InChI=1S/C21H21Cl2N3O3S2/c1-26-8-7-16(12-26)29-19-10-15(5-6-18(19)22)25-31(27,28)20-11-17(21(23)30-20)13-3-2-4-14(24)9-13/h2-6,9-11,16,25H,7-8,12,24H2,1H3/t16-/m1/s1. The zero-order valence-electron chi connectivity index (χ0n) is 16.6. The molecule has 4 rings (SSSR count). The van der Waals surface area contributed by atoms with E-state index in [1.54, 1.807) is 42.5 Å². The van der Waals surface area contributed by atoms with Crippen LogP contribution in [0.3, 0.4) is 0 Å². The highest BCUT2D eigenvalue weighted by Gasteiger charge is 2.24. The summed E-state index contributed by atoms with van der Waals surface area (Å²) in [5.74, 6) is 0.451. The molecule has 10 heteroatoms. The van der Waals surface area contributed by atoms with E-state index in [2.05, 4.69) is 9.62 Å². The summed E-state index contributed by atoms with van der Waals surface area (Å²) in [5.41, 5.74) is 8.14. The normalized spacial score (nSPS) is 17.1. The van der Waals surface area contributed by atoms with Crippen LogP contribution in [0.25, 0.3) is 11.1 Å². The van der Waals surface area contributed by atoms with Crippen molar-refractivity contribution < 1.29 is 13.2 Å². The number of nitrogens with one attached hydrogen (secondary N) is 1. The maximum Gasteiger partial charge on any atom is 0.271 e. The van der Waals surface area contributed by atoms with Crippen LogP contribution >= 0.6 is 34.5 Å². The fourth-order valence-electron chi connectivity index (χ4n) is 3.42. The fraction of sp³-hybridized carbons (Fsp3) is 0.238. The van der Waals surface area contributed by atoms with E-state index in [0.717, 1.165) is 36.4 Å². The smallest absolute Gasteiger partial charge is 0.271 e. The minimum atomic E-state index is -3.85. The van der Waals surface area contributed by atoms with Crippen molar-refractivity contribution in [2.45, 2.75) is 16.7 Å². The van der Waals surface area contributed by atoms with Gasteiger partial charge < -0.3 is 15.4 Å². The molecule has 6 nitrogen and oxygen atoms in total. The Morgan fingerprint density at radius 3 is 2.71 bits per heavy atom. The van der Waals surface area contributed by atoms with Crippen LogP contribution in [0.5, 0.6) is 5.75 Å². The number of hydrogen-bond acceptors (Lipinski definition) is 6. The van der Waals surface area contributed by atoms with E-state index in [0.29, 0.717) is 32.0 Å². The number of benzene rings is 2. The molecule has 0 spiro atoms. The minimum absolute atomic E-state index is 0.0197. The zero-order valence-corrected chi connectivity index (χ0v) is 19.8. The second kappa shape index (κ2) is 8.88. The van der Waals surface area contributed by atoms with Gasteiger partial charge in [0.2, 0.25) is 0 Å². The molecule has 0 saturated carbocycles. The number of halogens is 2. The van der Waals surface area contributed by atoms with Crippen molar-refractivity contribution in [3.05, 3.63) is 57.9 Å². The summed E-state index contributed by atoms with van der Waals surface area (Å²) in [7, 11) is -1.83. The van der Waals surface area contributed by atoms with Gasteiger partial charge in [-0.25, -0.2) is 8.42 Å². The molecule has 0 unspecified atom stereocenters. The number of likely N-dealkylation sites (N-methyl/N-ethyl adjacent to an activating group) is 1. The van der Waals surface area contributed by atoms with Gasteiger partial charge in [0.15, 0.2) is 0 Å². The fourth-order valence-corrected chi connectivity index (χ4v) is 6.39. The van der Waals surface area contributed by atoms with Gasteiger partial charge in [-0.05, 0) is 49.4 Å². The maximum absolute atomic E-state index is 13.0. The Morgan fingerprint density at radius 2 is 2.00 bits per heavy atom. The van der Waals surface area contributed by atoms with Crippen LogP contribution in [-0.2, 0) is 10.0 Å². The molecule has 2 aromatic carbocycles. The third-order valence-corrected chi connectivity index (χ3v) is 8.48. The Balaban J connectivity index is 1.57. The van der Waals surface area contributed by atoms with Crippen molar-refractivity contribution in [1.29, 1.82) is 0 Å². The number of rotatable bonds is 6. The molecule has 0 amide bonds. The molecule has 1 atom stereocenters. The molecular formula is C21H21Cl2N3O3S2. The van der Waals surface area contributed by atoms with Gasteiger partial charge in [0, 0.05) is 30.4 Å². The largest absolute Gasteiger partial charge is 0.487 e. The lowest BCUT2D eigenvalue weighted by atomic mass is 10.1. The van der Waals surface area contributed by atoms with E-state index in [-0.39, 0.29) is 10.3 Å². The van der Waals surface area contributed by atoms with Crippen LogP contribution in [0.4, 0.5) is 11.4 Å². The van der Waals surface area contributed by atoms with Crippen molar-refractivity contribution in [3.8, 4) is 16.9 Å². The van der Waals surface area contributed by atoms with Crippen LogP contribution in [-0.4, -0.2) is 39.6 Å². The summed E-state index contributed by atoms with van der Waals surface area (Å²) in [6.45, 7) is 1.75. The number of thiophene rings is 1. The molecule has 1 fully saturated rings. The molecule has 3 aromatic rings. The molecule has 31 heavy (non-hydrogen) atoms. The lowest BCUT2D eigenvalue weighted by Gasteiger charge is -2.16. The third kappa shape index (κ3) is 5.10. The number of sulfonamides is 1. The number of ether oxygens (including phenoxy) is 1. The zero-order chi connectivity index (χ0) is 22.2. The number of anilines is 2. The number of nitrogens with two attached hydrogens (primary N) is 1. The Morgan fingerprint density at radius 1 is 1.19 bits per heavy atom. The number of likely N-dealkylation sites (tertiary alicyclic amines) is 1. The predicted octanol–water partition coefficient (Wildman–Crippen LogP) is 5.19. The van der Waals surface area contributed by atoms with Gasteiger partial charge in [0.1, 0.15) is 20.4 Å². The topological polar surface area (TPSA) is 84.7 Å². The van der Waals surface area contributed by atoms with Gasteiger partial charge in [-0.15, -0.1) is 11.3 Å². The Labute approximate surface area is 195 Å². The first-order chi connectivity index (χ1) is 14.7. The molecule has 1 aromatic heterocycles. The van der Waals surface area contributed by atoms with E-state index in [4.69, 9.17) is 33.7 Å². The summed E-state index contributed by atoms with van der Waals surface area (Å²) in [6.07, 6.45) is 0.912. The molecule has 3 N–H and O–H groups in total. The van der Waals surface area contributed by atoms with Gasteiger partial charge in [-0.2, -0.15) is 0 Å². The lowest BCUT2D eigenvalue weighted by molar-refractivity contribution is 0.208. The summed E-state index contributed by atoms with van der Waals surface area (Å²) < 4.78 is 35.0. The molecule has 1 aliphatic rings. The van der Waals surface area contributed by atoms with E-state index in [1.165, 1.54) is 0 Å². The van der Waals surface area contributed by atoms with Crippen LogP contribution in [0.15, 0.2) is 52.7 Å². The van der Waals surface area contributed by atoms with E-state index >= 15 is 0 Å². The van der Waals surface area contributed by atoms with E-state index in [1.807, 2.05) is 13.1 Å². The van der Waals surface area contributed by atoms with Crippen molar-refractivity contribution in [2.24, 2.45) is 0 Å². The highest BCUT2D eigenvalue weighted by Crippen LogP contribution is 2.39. The monoisotopic (exact) mass is 497 g/mol. The molecular weight excluding hydrogens is 477 g/mol. The second-order valence-electron chi connectivity index (χ2n) is 7.42. The maximum atomic E-state index is 13.0. The van der Waals surface area contributed by atoms with Crippen LogP contribution < -0.4 is 15.2 Å². The van der Waals surface area contributed by atoms with Crippen molar-refractivity contribution in [2.75, 3.05) is 30.6 Å². The highest BCUT2D eigenvalue weighted by molar-refractivity contribution is 7.94. The number of hydrogen-bond donors (Lipinski definition) is 2. The first kappa shape index (κ1) is 22.2. The predicted molar refractivity (Wildman–Crippen MR) is 128 cm³/mol. The van der Waals surface area contributed by atoms with Crippen LogP contribution in [0.1, 0.15) is 6.42 Å². The molecule has 0 bridgehead atoms. The first-order valence-electron chi connectivity index (χ1n) is 9.54. The number of nitrogen functional groups attached to an aromatic ring is 1. The molecule has 164 valence electrons. The van der Waals surface area contributed by atoms with Gasteiger partial charge >= 0.3 is 0 Å². The molecule has 0 aliphatic carbocycles. The Kier molecular flexibility index (Phi) is 6.37. The third-order valence-electron chi connectivity index (χ3n) is 4.95. The van der Waals surface area contributed by atoms with Crippen LogP contribution in [0.2, 0.25) is 9.36 Å². The molecule has 1 aliphatic heterocycles. The van der Waals surface area contributed by atoms with Gasteiger partial charge in [0.25, 0.3) is 10.0 Å². The van der Waals surface area contributed by atoms with Crippen LogP contribution in [0, 0.1) is 0 Å². The van der Waals surface area contributed by atoms with E-state index < -0.39 is 10.0 Å². The Hall–Kier alpha value is -1.97. The summed E-state index contributed by atoms with van der Waals surface area (Å²) >= 11 is 13.6. The second-order valence-corrected chi connectivity index (χ2v) is 11.4. The summed E-state index contributed by atoms with van der Waals surface area (Å²) in [6, 6.07) is 13.5. The van der Waals surface area contributed by atoms with Crippen molar-refractivity contribution in [3.63, 3.8) is 0 Å². The van der Waals surface area contributed by atoms with Gasteiger partial charge in [-0.1, -0.05) is 35.3 Å². The number of nitrogens with zero attached hydrogens (tertiary/aromatic N) is 1.